The predicted molar refractivity (Wildman–Crippen MR) is 125 cm³/mol. The van der Waals surface area contributed by atoms with Crippen LogP contribution in [0.4, 0.5) is 4.39 Å². The smallest absolute Gasteiger partial charge is 0.262 e. The number of fused-ring (bicyclic) bond motifs is 3. The highest BCUT2D eigenvalue weighted by Crippen LogP contribution is 2.41. The summed E-state index contributed by atoms with van der Waals surface area (Å²) in [6.07, 6.45) is 4.01. The van der Waals surface area contributed by atoms with Crippen LogP contribution in [0.15, 0.2) is 54.7 Å². The monoisotopic (exact) mass is 447 g/mol. The average molecular weight is 448 g/mol. The Balaban J connectivity index is 1.48. The molecule has 0 saturated carbocycles. The summed E-state index contributed by atoms with van der Waals surface area (Å²) < 4.78 is 14.8. The lowest BCUT2D eigenvalue weighted by Crippen LogP contribution is -2.30. The van der Waals surface area contributed by atoms with Crippen LogP contribution in [0.25, 0.3) is 32.1 Å². The molecule has 7 heteroatoms. The van der Waals surface area contributed by atoms with Crippen molar-refractivity contribution in [3.8, 4) is 11.1 Å². The number of nitrogens with one attached hydrogen (secondary N) is 1. The summed E-state index contributed by atoms with van der Waals surface area (Å²) >= 11 is 1.37. The number of rotatable bonds is 6. The fraction of sp³-hybridized carbons (Fsp3) is 0.240. The highest BCUT2D eigenvalue weighted by atomic mass is 32.1. The Bertz CT molecular complexity index is 1320. The zero-order chi connectivity index (χ0) is 22.1. The van der Waals surface area contributed by atoms with Gasteiger partial charge in [0.05, 0.1) is 5.52 Å². The first-order chi connectivity index (χ1) is 15.6. The molecule has 0 radical (unpaired) electrons. The summed E-state index contributed by atoms with van der Waals surface area (Å²) in [5, 5.41) is 4.55. The fourth-order valence-electron chi connectivity index (χ4n) is 4.25. The Morgan fingerprint density at radius 1 is 1.16 bits per heavy atom. The summed E-state index contributed by atoms with van der Waals surface area (Å²) in [6, 6.07) is 14.3. The van der Waals surface area contributed by atoms with Gasteiger partial charge in [-0.15, -0.1) is 11.3 Å². The first-order valence-corrected chi connectivity index (χ1v) is 11.6. The second kappa shape index (κ2) is 8.67. The lowest BCUT2D eigenvalue weighted by Gasteiger charge is -2.15. The predicted octanol–water partition coefficient (Wildman–Crippen LogP) is 5.00. The van der Waals surface area contributed by atoms with Crippen molar-refractivity contribution in [1.29, 1.82) is 0 Å². The first kappa shape index (κ1) is 20.6. The van der Waals surface area contributed by atoms with Crippen LogP contribution in [0.2, 0.25) is 0 Å². The third kappa shape index (κ3) is 3.84. The van der Waals surface area contributed by atoms with Gasteiger partial charge < -0.3 is 10.2 Å². The van der Waals surface area contributed by atoms with Crippen LogP contribution in [0, 0.1) is 5.82 Å². The van der Waals surface area contributed by atoms with Crippen molar-refractivity contribution in [3.05, 3.63) is 65.4 Å². The Morgan fingerprint density at radius 3 is 2.78 bits per heavy atom. The second-order valence-electron chi connectivity index (χ2n) is 7.93. The van der Waals surface area contributed by atoms with Crippen molar-refractivity contribution in [2.24, 2.45) is 0 Å². The SMILES string of the molecule is O=C(NCCCN1CCCC1=O)c1sc2c(cnc3ccc(F)cc32)c1-c1ccccc1. The summed E-state index contributed by atoms with van der Waals surface area (Å²) in [6.45, 7) is 1.95. The van der Waals surface area contributed by atoms with Crippen LogP contribution in [0.1, 0.15) is 28.9 Å². The van der Waals surface area contributed by atoms with E-state index in [1.165, 1.54) is 23.5 Å². The Morgan fingerprint density at radius 2 is 2.00 bits per heavy atom. The molecule has 5 rings (SSSR count). The van der Waals surface area contributed by atoms with E-state index < -0.39 is 0 Å². The van der Waals surface area contributed by atoms with Gasteiger partial charge in [-0.1, -0.05) is 30.3 Å². The lowest BCUT2D eigenvalue weighted by molar-refractivity contribution is -0.127. The van der Waals surface area contributed by atoms with Gasteiger partial charge in [-0.2, -0.15) is 0 Å². The van der Waals surface area contributed by atoms with Gasteiger partial charge in [-0.25, -0.2) is 4.39 Å². The van der Waals surface area contributed by atoms with Crippen LogP contribution in [-0.4, -0.2) is 41.3 Å². The number of carbonyl (C=O) groups excluding carboxylic acids is 2. The number of hydrogen-bond donors (Lipinski definition) is 1. The van der Waals surface area contributed by atoms with Gasteiger partial charge in [0, 0.05) is 53.3 Å². The molecule has 162 valence electrons. The van der Waals surface area contributed by atoms with E-state index in [4.69, 9.17) is 0 Å². The molecule has 2 aromatic carbocycles. The number of carbonyl (C=O) groups is 2. The number of likely N-dealkylation sites (tertiary alicyclic amines) is 1. The van der Waals surface area contributed by atoms with Gasteiger partial charge in [0.2, 0.25) is 5.91 Å². The van der Waals surface area contributed by atoms with E-state index in [2.05, 4.69) is 10.3 Å². The minimum absolute atomic E-state index is 0.164. The number of thiophene rings is 1. The van der Waals surface area contributed by atoms with E-state index in [1.54, 1.807) is 12.3 Å². The molecule has 32 heavy (non-hydrogen) atoms. The average Bonchev–Trinajstić information content (AvgIpc) is 3.40. The molecular weight excluding hydrogens is 425 g/mol. The molecular formula is C25H22FN3O2S. The van der Waals surface area contributed by atoms with Crippen LogP contribution in [-0.2, 0) is 4.79 Å². The summed E-state index contributed by atoms with van der Waals surface area (Å²) in [4.78, 5) is 31.9. The summed E-state index contributed by atoms with van der Waals surface area (Å²) in [5.74, 6) is -0.301. The zero-order valence-electron chi connectivity index (χ0n) is 17.4. The molecule has 1 aliphatic rings. The number of halogens is 1. The summed E-state index contributed by atoms with van der Waals surface area (Å²) in [5.41, 5.74) is 2.43. The van der Waals surface area contributed by atoms with Crippen molar-refractivity contribution >= 4 is 44.1 Å². The van der Waals surface area contributed by atoms with E-state index in [-0.39, 0.29) is 17.6 Å². The number of hydrogen-bond acceptors (Lipinski definition) is 4. The molecule has 0 atom stereocenters. The molecule has 0 unspecified atom stereocenters. The minimum atomic E-state index is -0.330. The molecule has 0 bridgehead atoms. The van der Waals surface area contributed by atoms with Crippen molar-refractivity contribution in [1.82, 2.24) is 15.2 Å². The largest absolute Gasteiger partial charge is 0.351 e. The van der Waals surface area contributed by atoms with Gasteiger partial charge in [0.15, 0.2) is 0 Å². The third-order valence-electron chi connectivity index (χ3n) is 5.81. The van der Waals surface area contributed by atoms with E-state index in [0.29, 0.717) is 41.7 Å². The maximum atomic E-state index is 14.0. The molecule has 4 aromatic rings. The standard InChI is InChI=1S/C25H22FN3O2S/c26-17-9-10-20-18(14-17)23-19(15-28-20)22(16-6-2-1-3-7-16)24(32-23)25(31)27-11-5-13-29-12-4-8-21(29)30/h1-3,6-7,9-10,14-15H,4-5,8,11-13H2,(H,27,31). The molecule has 0 aliphatic carbocycles. The Hall–Kier alpha value is -3.32. The normalized spacial score (nSPS) is 13.9. The molecule has 1 fully saturated rings. The molecule has 1 aliphatic heterocycles. The number of aromatic nitrogens is 1. The van der Waals surface area contributed by atoms with Crippen molar-refractivity contribution in [2.75, 3.05) is 19.6 Å². The Labute approximate surface area is 188 Å². The van der Waals surface area contributed by atoms with Gasteiger partial charge in [0.25, 0.3) is 5.91 Å². The van der Waals surface area contributed by atoms with Crippen molar-refractivity contribution < 1.29 is 14.0 Å². The van der Waals surface area contributed by atoms with E-state index in [0.717, 1.165) is 34.2 Å². The number of amides is 2. The minimum Gasteiger partial charge on any atom is -0.351 e. The molecule has 3 heterocycles. The molecule has 2 amide bonds. The van der Waals surface area contributed by atoms with Gasteiger partial charge >= 0.3 is 0 Å². The fourth-order valence-corrected chi connectivity index (χ4v) is 5.48. The van der Waals surface area contributed by atoms with E-state index in [9.17, 15) is 14.0 Å². The number of pyridine rings is 1. The maximum absolute atomic E-state index is 14.0. The number of nitrogens with zero attached hydrogens (tertiary/aromatic N) is 2. The van der Waals surface area contributed by atoms with E-state index >= 15 is 0 Å². The quantitative estimate of drug-likeness (QED) is 0.423. The summed E-state index contributed by atoms with van der Waals surface area (Å²) in [7, 11) is 0. The van der Waals surface area contributed by atoms with Crippen LogP contribution < -0.4 is 5.32 Å². The molecule has 1 saturated heterocycles. The van der Waals surface area contributed by atoms with Crippen molar-refractivity contribution in [2.45, 2.75) is 19.3 Å². The van der Waals surface area contributed by atoms with Crippen molar-refractivity contribution in [3.63, 3.8) is 0 Å². The van der Waals surface area contributed by atoms with Gasteiger partial charge in [-0.05, 0) is 36.6 Å². The molecule has 1 N–H and O–H groups in total. The van der Waals surface area contributed by atoms with E-state index in [1.807, 2.05) is 35.2 Å². The van der Waals surface area contributed by atoms with Crippen LogP contribution >= 0.6 is 11.3 Å². The highest BCUT2D eigenvalue weighted by Gasteiger charge is 2.22. The Kier molecular flexibility index (Phi) is 5.57. The lowest BCUT2D eigenvalue weighted by atomic mass is 10.0. The number of benzene rings is 2. The molecule has 5 nitrogen and oxygen atoms in total. The topological polar surface area (TPSA) is 62.3 Å². The van der Waals surface area contributed by atoms with Gasteiger partial charge in [0.1, 0.15) is 10.7 Å². The third-order valence-corrected chi connectivity index (χ3v) is 7.05. The van der Waals surface area contributed by atoms with Crippen LogP contribution in [0.3, 0.4) is 0 Å². The maximum Gasteiger partial charge on any atom is 0.262 e. The highest BCUT2D eigenvalue weighted by molar-refractivity contribution is 7.22. The zero-order valence-corrected chi connectivity index (χ0v) is 18.3. The second-order valence-corrected chi connectivity index (χ2v) is 8.95. The molecule has 0 spiro atoms. The van der Waals surface area contributed by atoms with Gasteiger partial charge in [-0.3, -0.25) is 14.6 Å². The first-order valence-electron chi connectivity index (χ1n) is 10.7. The molecule has 2 aromatic heterocycles. The van der Waals surface area contributed by atoms with Crippen LogP contribution in [0.5, 0.6) is 0 Å².